The van der Waals surface area contributed by atoms with Crippen LogP contribution in [-0.4, -0.2) is 21.6 Å². The smallest absolute Gasteiger partial charge is 0.254 e. The maximum absolute atomic E-state index is 12.4. The minimum absolute atomic E-state index is 0.113. The van der Waals surface area contributed by atoms with E-state index in [0.29, 0.717) is 28.2 Å². The fraction of sp³-hybridized carbons (Fsp3) is 0.421. The Morgan fingerprint density at radius 3 is 2.46 bits per heavy atom. The van der Waals surface area contributed by atoms with Gasteiger partial charge in [-0.2, -0.15) is 0 Å². The van der Waals surface area contributed by atoms with E-state index in [2.05, 4.69) is 29.1 Å². The number of thioether (sulfide) groups is 1. The average molecular weight is 394 g/mol. The van der Waals surface area contributed by atoms with Gasteiger partial charge in [-0.25, -0.2) is 4.98 Å². The minimum Gasteiger partial charge on any atom is -0.325 e. The molecule has 1 aromatic heterocycles. The van der Waals surface area contributed by atoms with Gasteiger partial charge in [0.1, 0.15) is 0 Å². The third-order valence-corrected chi connectivity index (χ3v) is 4.78. The normalized spacial score (nSPS) is 11.2. The Hall–Kier alpha value is -1.79. The summed E-state index contributed by atoms with van der Waals surface area (Å²) in [6, 6.07) is 6.91. The Kier molecular flexibility index (Phi) is 7.29. The monoisotopic (exact) mass is 393 g/mol. The van der Waals surface area contributed by atoms with Gasteiger partial charge in [0.15, 0.2) is 5.16 Å². The van der Waals surface area contributed by atoms with Crippen LogP contribution in [0.2, 0.25) is 5.02 Å². The maximum atomic E-state index is 12.4. The summed E-state index contributed by atoms with van der Waals surface area (Å²) in [5.74, 6) is 0.511. The van der Waals surface area contributed by atoms with Gasteiger partial charge < -0.3 is 10.3 Å². The number of rotatable bonds is 7. The highest BCUT2D eigenvalue weighted by molar-refractivity contribution is 7.99. The van der Waals surface area contributed by atoms with Crippen molar-refractivity contribution < 1.29 is 4.79 Å². The van der Waals surface area contributed by atoms with Gasteiger partial charge in [-0.15, -0.1) is 0 Å². The number of amides is 1. The molecule has 0 fully saturated rings. The number of benzene rings is 1. The molecule has 1 heterocycles. The summed E-state index contributed by atoms with van der Waals surface area (Å²) >= 11 is 7.05. The van der Waals surface area contributed by atoms with E-state index in [-0.39, 0.29) is 23.1 Å². The van der Waals surface area contributed by atoms with Crippen LogP contribution in [0.25, 0.3) is 0 Å². The molecule has 0 aliphatic rings. The summed E-state index contributed by atoms with van der Waals surface area (Å²) in [6.07, 6.45) is 0.692. The molecular formula is C19H24ClN3O2S. The van der Waals surface area contributed by atoms with Crippen molar-refractivity contribution in [1.82, 2.24) is 9.97 Å². The molecule has 0 spiro atoms. The van der Waals surface area contributed by atoms with E-state index in [9.17, 15) is 9.59 Å². The van der Waals surface area contributed by atoms with Crippen molar-refractivity contribution in [1.29, 1.82) is 0 Å². The predicted molar refractivity (Wildman–Crippen MR) is 108 cm³/mol. The van der Waals surface area contributed by atoms with Crippen molar-refractivity contribution in [3.8, 4) is 0 Å². The van der Waals surface area contributed by atoms with Crippen LogP contribution >= 0.6 is 23.4 Å². The van der Waals surface area contributed by atoms with E-state index in [0.717, 1.165) is 11.3 Å². The fourth-order valence-corrected chi connectivity index (χ4v) is 3.30. The number of hydrogen-bond acceptors (Lipinski definition) is 4. The zero-order valence-electron chi connectivity index (χ0n) is 15.4. The number of H-pyrrole nitrogens is 1. The van der Waals surface area contributed by atoms with Crippen LogP contribution < -0.4 is 10.9 Å². The fourth-order valence-electron chi connectivity index (χ4n) is 2.51. The molecule has 2 aromatic rings. The molecule has 5 nitrogen and oxygen atoms in total. The molecule has 2 rings (SSSR count). The van der Waals surface area contributed by atoms with Crippen LogP contribution in [0.15, 0.2) is 34.2 Å². The summed E-state index contributed by atoms with van der Waals surface area (Å²) in [4.78, 5) is 31.9. The zero-order chi connectivity index (χ0) is 19.3. The lowest BCUT2D eigenvalue weighted by Crippen LogP contribution is -2.22. The molecule has 140 valence electrons. The van der Waals surface area contributed by atoms with Crippen LogP contribution in [0.5, 0.6) is 0 Å². The Balaban J connectivity index is 2.08. The molecule has 2 N–H and O–H groups in total. The van der Waals surface area contributed by atoms with Crippen LogP contribution in [0.4, 0.5) is 5.69 Å². The zero-order valence-corrected chi connectivity index (χ0v) is 17.0. The summed E-state index contributed by atoms with van der Waals surface area (Å²) in [5.41, 5.74) is 2.11. The van der Waals surface area contributed by atoms with Gasteiger partial charge in [0.05, 0.1) is 11.4 Å². The van der Waals surface area contributed by atoms with Crippen LogP contribution in [0.3, 0.4) is 0 Å². The number of hydrogen-bond donors (Lipinski definition) is 2. The molecule has 0 unspecified atom stereocenters. The molecule has 7 heteroatoms. The summed E-state index contributed by atoms with van der Waals surface area (Å²) in [7, 11) is 0. The molecule has 1 aromatic carbocycles. The molecule has 0 aliphatic carbocycles. The number of nitrogens with one attached hydrogen (secondary N) is 2. The quantitative estimate of drug-likeness (QED) is 0.537. The Morgan fingerprint density at radius 1 is 1.23 bits per heavy atom. The van der Waals surface area contributed by atoms with E-state index < -0.39 is 0 Å². The minimum atomic E-state index is -0.169. The Labute approximate surface area is 163 Å². The number of aromatic amines is 1. The Morgan fingerprint density at radius 2 is 1.88 bits per heavy atom. The topological polar surface area (TPSA) is 74.8 Å². The summed E-state index contributed by atoms with van der Waals surface area (Å²) in [6.45, 7) is 8.20. The van der Waals surface area contributed by atoms with Crippen LogP contribution in [-0.2, 0) is 11.2 Å². The average Bonchev–Trinajstić information content (AvgIpc) is 2.56. The van der Waals surface area contributed by atoms with Crippen molar-refractivity contribution in [2.45, 2.75) is 45.2 Å². The molecule has 0 saturated heterocycles. The van der Waals surface area contributed by atoms with Gasteiger partial charge in [-0.05, 0) is 42.5 Å². The van der Waals surface area contributed by atoms with Crippen molar-refractivity contribution >= 4 is 35.0 Å². The van der Waals surface area contributed by atoms with E-state index in [1.54, 1.807) is 24.3 Å². The first-order valence-electron chi connectivity index (χ1n) is 8.57. The molecule has 26 heavy (non-hydrogen) atoms. The number of nitrogens with zero attached hydrogens (tertiary/aromatic N) is 1. The molecule has 1 amide bonds. The van der Waals surface area contributed by atoms with Crippen molar-refractivity contribution in [3.63, 3.8) is 0 Å². The van der Waals surface area contributed by atoms with Gasteiger partial charge in [0.2, 0.25) is 5.91 Å². The second-order valence-electron chi connectivity index (χ2n) is 6.83. The SMILES string of the molecule is CC(C)Cc1c(C(C)C)nc(SCC(=O)Nc2ccc(Cl)cc2)[nH]c1=O. The number of aromatic nitrogens is 2. The second-order valence-corrected chi connectivity index (χ2v) is 8.23. The highest BCUT2D eigenvalue weighted by Crippen LogP contribution is 2.21. The van der Waals surface area contributed by atoms with Crippen LogP contribution in [0.1, 0.15) is 44.9 Å². The van der Waals surface area contributed by atoms with Gasteiger partial charge >= 0.3 is 0 Å². The molecule has 0 atom stereocenters. The van der Waals surface area contributed by atoms with Crippen molar-refractivity contribution in [3.05, 3.63) is 50.9 Å². The molecule has 0 aliphatic heterocycles. The third-order valence-electron chi connectivity index (χ3n) is 3.65. The summed E-state index contributed by atoms with van der Waals surface area (Å²) < 4.78 is 0. The van der Waals surface area contributed by atoms with Crippen molar-refractivity contribution in [2.24, 2.45) is 5.92 Å². The van der Waals surface area contributed by atoms with Crippen LogP contribution in [0, 0.1) is 5.92 Å². The lowest BCUT2D eigenvalue weighted by atomic mass is 9.97. The number of anilines is 1. The lowest BCUT2D eigenvalue weighted by Gasteiger charge is -2.14. The second kappa shape index (κ2) is 9.24. The maximum Gasteiger partial charge on any atom is 0.254 e. The van der Waals surface area contributed by atoms with Gasteiger partial charge in [-0.1, -0.05) is 51.1 Å². The molecule has 0 bridgehead atoms. The van der Waals surface area contributed by atoms with Gasteiger partial charge in [0.25, 0.3) is 5.56 Å². The first-order valence-corrected chi connectivity index (χ1v) is 9.94. The van der Waals surface area contributed by atoms with E-state index in [1.165, 1.54) is 11.8 Å². The summed E-state index contributed by atoms with van der Waals surface area (Å²) in [5, 5.41) is 3.87. The first kappa shape index (κ1) is 20.5. The largest absolute Gasteiger partial charge is 0.325 e. The number of carbonyl (C=O) groups is 1. The first-order chi connectivity index (χ1) is 12.3. The molecule has 0 radical (unpaired) electrons. The standard InChI is InChI=1S/C19H24ClN3O2S/c1-11(2)9-15-17(12(3)4)22-19(23-18(15)25)26-10-16(24)21-14-7-5-13(20)6-8-14/h5-8,11-12H,9-10H2,1-4H3,(H,21,24)(H,22,23,25). The predicted octanol–water partition coefficient (Wildman–Crippen LogP) is 4.48. The van der Waals surface area contributed by atoms with E-state index >= 15 is 0 Å². The number of halogens is 1. The number of carbonyl (C=O) groups excluding carboxylic acids is 1. The van der Waals surface area contributed by atoms with Gasteiger partial charge in [-0.3, -0.25) is 9.59 Å². The highest BCUT2D eigenvalue weighted by Gasteiger charge is 2.16. The third kappa shape index (κ3) is 5.88. The van der Waals surface area contributed by atoms with E-state index in [4.69, 9.17) is 11.6 Å². The molecule has 0 saturated carbocycles. The highest BCUT2D eigenvalue weighted by atomic mass is 35.5. The molecular weight excluding hydrogens is 370 g/mol. The van der Waals surface area contributed by atoms with E-state index in [1.807, 2.05) is 13.8 Å². The van der Waals surface area contributed by atoms with Gasteiger partial charge in [0, 0.05) is 16.3 Å². The lowest BCUT2D eigenvalue weighted by molar-refractivity contribution is -0.113. The Bertz CT molecular complexity index is 817. The van der Waals surface area contributed by atoms with Crippen molar-refractivity contribution in [2.75, 3.05) is 11.1 Å².